The maximum Gasteiger partial charge on any atom is 0.0545 e. The highest BCUT2D eigenvalue weighted by Gasteiger charge is 2.08. The molecule has 0 aliphatic carbocycles. The fourth-order valence-corrected chi connectivity index (χ4v) is 2.52. The molecule has 0 aliphatic heterocycles. The lowest BCUT2D eigenvalue weighted by Crippen LogP contribution is -2.19. The van der Waals surface area contributed by atoms with Crippen molar-refractivity contribution in [2.24, 2.45) is 0 Å². The van der Waals surface area contributed by atoms with Gasteiger partial charge in [0.2, 0.25) is 0 Å². The lowest BCUT2D eigenvalue weighted by atomic mass is 10.1. The predicted molar refractivity (Wildman–Crippen MR) is 78.4 cm³/mol. The van der Waals surface area contributed by atoms with Crippen LogP contribution in [0, 0.1) is 6.92 Å². The van der Waals surface area contributed by atoms with Gasteiger partial charge in [-0.2, -0.15) is 0 Å². The predicted octanol–water partition coefficient (Wildman–Crippen LogP) is 4.00. The minimum Gasteiger partial charge on any atom is -0.305 e. The normalized spacial score (nSPS) is 12.4. The monoisotopic (exact) mass is 304 g/mol. The summed E-state index contributed by atoms with van der Waals surface area (Å²) in [5.74, 6) is 0. The first-order valence-electron chi connectivity index (χ1n) is 6.07. The second-order valence-corrected chi connectivity index (χ2v) is 5.25. The molecule has 1 atom stereocenters. The third-order valence-electron chi connectivity index (χ3n) is 2.91. The first kappa shape index (κ1) is 13.2. The first-order valence-corrected chi connectivity index (χ1v) is 6.86. The third-order valence-corrected chi connectivity index (χ3v) is 3.63. The number of benzene rings is 1. The molecule has 0 amide bonds. The molecule has 0 radical (unpaired) electrons. The van der Waals surface area contributed by atoms with Gasteiger partial charge < -0.3 is 5.32 Å². The Labute approximate surface area is 117 Å². The Morgan fingerprint density at radius 3 is 2.67 bits per heavy atom. The molecule has 0 fully saturated rings. The number of rotatable bonds is 4. The van der Waals surface area contributed by atoms with Gasteiger partial charge in [-0.3, -0.25) is 4.98 Å². The van der Waals surface area contributed by atoms with Crippen LogP contribution < -0.4 is 5.32 Å². The lowest BCUT2D eigenvalue weighted by molar-refractivity contribution is 0.565. The van der Waals surface area contributed by atoms with Crippen molar-refractivity contribution in [2.45, 2.75) is 26.4 Å². The Hall–Kier alpha value is -1.19. The highest BCUT2D eigenvalue weighted by molar-refractivity contribution is 9.10. The summed E-state index contributed by atoms with van der Waals surface area (Å²) < 4.78 is 1.14. The standard InChI is InChI=1S/C15H17BrN2/c1-11-6-5-7-13(18-11)10-17-12(2)14-8-3-4-9-15(14)16/h3-9,12,17H,10H2,1-2H3. The molecule has 1 heterocycles. The zero-order valence-electron chi connectivity index (χ0n) is 10.7. The zero-order chi connectivity index (χ0) is 13.0. The highest BCUT2D eigenvalue weighted by atomic mass is 79.9. The van der Waals surface area contributed by atoms with Gasteiger partial charge in [-0.05, 0) is 37.6 Å². The van der Waals surface area contributed by atoms with E-state index in [1.54, 1.807) is 0 Å². The Morgan fingerprint density at radius 1 is 1.17 bits per heavy atom. The van der Waals surface area contributed by atoms with Crippen LogP contribution in [0.5, 0.6) is 0 Å². The minimum absolute atomic E-state index is 0.294. The van der Waals surface area contributed by atoms with Crippen molar-refractivity contribution >= 4 is 15.9 Å². The van der Waals surface area contributed by atoms with Crippen molar-refractivity contribution in [1.29, 1.82) is 0 Å². The van der Waals surface area contributed by atoms with Crippen LogP contribution in [0.15, 0.2) is 46.9 Å². The summed E-state index contributed by atoms with van der Waals surface area (Å²) in [5.41, 5.74) is 3.40. The van der Waals surface area contributed by atoms with E-state index in [2.05, 4.69) is 51.4 Å². The Morgan fingerprint density at radius 2 is 1.94 bits per heavy atom. The summed E-state index contributed by atoms with van der Waals surface area (Å²) in [4.78, 5) is 4.49. The van der Waals surface area contributed by atoms with Gasteiger partial charge in [0.25, 0.3) is 0 Å². The molecule has 0 aliphatic rings. The number of halogens is 1. The van der Waals surface area contributed by atoms with Crippen molar-refractivity contribution < 1.29 is 0 Å². The van der Waals surface area contributed by atoms with E-state index in [1.165, 1.54) is 5.56 Å². The summed E-state index contributed by atoms with van der Waals surface area (Å²) in [5, 5.41) is 3.49. The van der Waals surface area contributed by atoms with Gasteiger partial charge >= 0.3 is 0 Å². The van der Waals surface area contributed by atoms with Gasteiger partial charge in [-0.1, -0.05) is 40.2 Å². The average molecular weight is 305 g/mol. The molecule has 0 bridgehead atoms. The molecule has 1 aromatic carbocycles. The van der Waals surface area contributed by atoms with Crippen LogP contribution in [0.4, 0.5) is 0 Å². The Balaban J connectivity index is 2.00. The molecule has 18 heavy (non-hydrogen) atoms. The van der Waals surface area contributed by atoms with Crippen LogP contribution in [0.25, 0.3) is 0 Å². The zero-order valence-corrected chi connectivity index (χ0v) is 12.2. The molecule has 1 N–H and O–H groups in total. The van der Waals surface area contributed by atoms with Gasteiger partial charge in [0, 0.05) is 22.8 Å². The van der Waals surface area contributed by atoms with Gasteiger partial charge in [-0.15, -0.1) is 0 Å². The van der Waals surface area contributed by atoms with E-state index in [0.717, 1.165) is 22.4 Å². The van der Waals surface area contributed by atoms with Gasteiger partial charge in [0.15, 0.2) is 0 Å². The molecule has 0 spiro atoms. The van der Waals surface area contributed by atoms with Crippen molar-refractivity contribution in [3.05, 3.63) is 63.9 Å². The molecule has 3 heteroatoms. The lowest BCUT2D eigenvalue weighted by Gasteiger charge is -2.15. The molecule has 0 saturated heterocycles. The molecule has 1 unspecified atom stereocenters. The maximum absolute atomic E-state index is 4.49. The minimum atomic E-state index is 0.294. The second-order valence-electron chi connectivity index (χ2n) is 4.39. The summed E-state index contributed by atoms with van der Waals surface area (Å²) in [7, 11) is 0. The van der Waals surface area contributed by atoms with Crippen molar-refractivity contribution in [3.63, 3.8) is 0 Å². The molecule has 2 nitrogen and oxygen atoms in total. The number of aryl methyl sites for hydroxylation is 1. The fraction of sp³-hybridized carbons (Fsp3) is 0.267. The number of hydrogen-bond donors (Lipinski definition) is 1. The topological polar surface area (TPSA) is 24.9 Å². The fourth-order valence-electron chi connectivity index (χ4n) is 1.89. The van der Waals surface area contributed by atoms with Gasteiger partial charge in [0.05, 0.1) is 5.69 Å². The van der Waals surface area contributed by atoms with Crippen LogP contribution >= 0.6 is 15.9 Å². The van der Waals surface area contributed by atoms with E-state index in [0.29, 0.717) is 6.04 Å². The van der Waals surface area contributed by atoms with Crippen LogP contribution in [-0.2, 0) is 6.54 Å². The molecule has 0 saturated carbocycles. The van der Waals surface area contributed by atoms with Crippen molar-refractivity contribution in [2.75, 3.05) is 0 Å². The third kappa shape index (κ3) is 3.40. The van der Waals surface area contributed by atoms with Gasteiger partial charge in [-0.25, -0.2) is 0 Å². The average Bonchev–Trinajstić information content (AvgIpc) is 2.37. The Bertz CT molecular complexity index is 525. The largest absolute Gasteiger partial charge is 0.305 e. The molecule has 2 aromatic rings. The summed E-state index contributed by atoms with van der Waals surface area (Å²) in [6, 6.07) is 14.7. The van der Waals surface area contributed by atoms with Crippen LogP contribution in [-0.4, -0.2) is 4.98 Å². The van der Waals surface area contributed by atoms with E-state index in [-0.39, 0.29) is 0 Å². The number of nitrogens with zero attached hydrogens (tertiary/aromatic N) is 1. The van der Waals surface area contributed by atoms with Crippen molar-refractivity contribution in [1.82, 2.24) is 10.3 Å². The van der Waals surface area contributed by atoms with E-state index in [4.69, 9.17) is 0 Å². The molecular weight excluding hydrogens is 288 g/mol. The second kappa shape index (κ2) is 6.12. The van der Waals surface area contributed by atoms with Crippen LogP contribution in [0.2, 0.25) is 0 Å². The summed E-state index contributed by atoms with van der Waals surface area (Å²) >= 11 is 3.58. The summed E-state index contributed by atoms with van der Waals surface area (Å²) in [6.45, 7) is 4.96. The molecular formula is C15H17BrN2. The molecule has 1 aromatic heterocycles. The SMILES string of the molecule is Cc1cccc(CNC(C)c2ccccc2Br)n1. The number of hydrogen-bond acceptors (Lipinski definition) is 2. The first-order chi connectivity index (χ1) is 8.66. The van der Waals surface area contributed by atoms with E-state index in [1.807, 2.05) is 31.2 Å². The summed E-state index contributed by atoms with van der Waals surface area (Å²) in [6.07, 6.45) is 0. The number of pyridine rings is 1. The molecule has 2 rings (SSSR count). The van der Waals surface area contributed by atoms with Gasteiger partial charge in [0.1, 0.15) is 0 Å². The number of nitrogens with one attached hydrogen (secondary N) is 1. The number of aromatic nitrogens is 1. The van der Waals surface area contributed by atoms with Crippen LogP contribution in [0.1, 0.15) is 29.9 Å². The highest BCUT2D eigenvalue weighted by Crippen LogP contribution is 2.22. The Kier molecular flexibility index (Phi) is 4.50. The molecule has 94 valence electrons. The van der Waals surface area contributed by atoms with E-state index >= 15 is 0 Å². The van der Waals surface area contributed by atoms with Crippen LogP contribution in [0.3, 0.4) is 0 Å². The van der Waals surface area contributed by atoms with Crippen molar-refractivity contribution in [3.8, 4) is 0 Å². The van der Waals surface area contributed by atoms with E-state index in [9.17, 15) is 0 Å². The van der Waals surface area contributed by atoms with E-state index < -0.39 is 0 Å². The smallest absolute Gasteiger partial charge is 0.0545 e. The quantitative estimate of drug-likeness (QED) is 0.923. The maximum atomic E-state index is 4.49.